The van der Waals surface area contributed by atoms with Gasteiger partial charge in [-0.3, -0.25) is 4.79 Å². The minimum atomic E-state index is 0.0401. The quantitative estimate of drug-likeness (QED) is 0.577. The fourth-order valence-electron chi connectivity index (χ4n) is 3.10. The van der Waals surface area contributed by atoms with Crippen LogP contribution in [0.25, 0.3) is 11.1 Å². The Morgan fingerprint density at radius 1 is 0.815 bits per heavy atom. The van der Waals surface area contributed by atoms with Crippen molar-refractivity contribution in [2.75, 3.05) is 5.32 Å². The van der Waals surface area contributed by atoms with Gasteiger partial charge >= 0.3 is 0 Å². The van der Waals surface area contributed by atoms with Crippen LogP contribution in [0.3, 0.4) is 0 Å². The van der Waals surface area contributed by atoms with E-state index in [-0.39, 0.29) is 11.3 Å². The summed E-state index contributed by atoms with van der Waals surface area (Å²) in [5, 5.41) is 3.08. The van der Waals surface area contributed by atoms with Gasteiger partial charge in [-0.2, -0.15) is 0 Å². The highest BCUT2D eigenvalue weighted by Gasteiger charge is 2.13. The molecule has 138 valence electrons. The van der Waals surface area contributed by atoms with Crippen molar-refractivity contribution in [3.05, 3.63) is 90.0 Å². The molecule has 2 heteroatoms. The zero-order valence-electron chi connectivity index (χ0n) is 16.3. The summed E-state index contributed by atoms with van der Waals surface area (Å²) in [5.74, 6) is 0.0401. The molecule has 2 nitrogen and oxygen atoms in total. The lowest BCUT2D eigenvalue weighted by molar-refractivity contribution is -0.116. The van der Waals surface area contributed by atoms with E-state index < -0.39 is 0 Å². The number of carbonyl (C=O) groups is 1. The van der Waals surface area contributed by atoms with Crippen LogP contribution in [0.2, 0.25) is 0 Å². The first-order chi connectivity index (χ1) is 12.9. The van der Waals surface area contributed by atoms with Crippen LogP contribution >= 0.6 is 0 Å². The smallest absolute Gasteiger partial charge is 0.224 e. The van der Waals surface area contributed by atoms with E-state index >= 15 is 0 Å². The molecule has 0 saturated heterocycles. The van der Waals surface area contributed by atoms with Gasteiger partial charge in [0.15, 0.2) is 0 Å². The van der Waals surface area contributed by atoms with Gasteiger partial charge in [0, 0.05) is 17.7 Å². The molecule has 0 aliphatic heterocycles. The lowest BCUT2D eigenvalue weighted by Crippen LogP contribution is -2.13. The summed E-state index contributed by atoms with van der Waals surface area (Å²) in [4.78, 5) is 12.5. The number of anilines is 1. The summed E-state index contributed by atoms with van der Waals surface area (Å²) in [7, 11) is 0. The van der Waals surface area contributed by atoms with Gasteiger partial charge in [-0.1, -0.05) is 93.6 Å². The molecule has 0 radical (unpaired) electrons. The van der Waals surface area contributed by atoms with E-state index in [0.717, 1.165) is 23.2 Å². The lowest BCUT2D eigenvalue weighted by Gasteiger charge is -2.19. The number of nitrogens with one attached hydrogen (secondary N) is 1. The van der Waals surface area contributed by atoms with Gasteiger partial charge in [0.1, 0.15) is 0 Å². The fraction of sp³-hybridized carbons (Fsp3) is 0.240. The number of hydrogen-bond acceptors (Lipinski definition) is 1. The highest BCUT2D eigenvalue weighted by Crippen LogP contribution is 2.28. The van der Waals surface area contributed by atoms with E-state index in [1.165, 1.54) is 11.1 Å². The summed E-state index contributed by atoms with van der Waals surface area (Å²) >= 11 is 0. The Balaban J connectivity index is 1.64. The second-order valence-electron chi connectivity index (χ2n) is 7.91. The van der Waals surface area contributed by atoms with Gasteiger partial charge < -0.3 is 5.32 Å². The molecule has 3 aromatic carbocycles. The van der Waals surface area contributed by atoms with Gasteiger partial charge in [0.25, 0.3) is 0 Å². The first-order valence-corrected chi connectivity index (χ1v) is 9.47. The van der Waals surface area contributed by atoms with Crippen molar-refractivity contribution in [3.8, 4) is 11.1 Å². The van der Waals surface area contributed by atoms with Gasteiger partial charge in [0.05, 0.1) is 0 Å². The van der Waals surface area contributed by atoms with E-state index in [2.05, 4.69) is 62.5 Å². The molecule has 0 bridgehead atoms. The fourth-order valence-corrected chi connectivity index (χ4v) is 3.10. The monoisotopic (exact) mass is 357 g/mol. The minimum Gasteiger partial charge on any atom is -0.326 e. The van der Waals surface area contributed by atoms with E-state index in [0.29, 0.717) is 6.42 Å². The Morgan fingerprint density at radius 3 is 2.11 bits per heavy atom. The number of amides is 1. The molecule has 0 unspecified atom stereocenters. The second kappa shape index (κ2) is 8.22. The average Bonchev–Trinajstić information content (AvgIpc) is 2.67. The van der Waals surface area contributed by atoms with Crippen LogP contribution in [-0.2, 0) is 16.6 Å². The molecule has 0 heterocycles. The number of hydrogen-bond donors (Lipinski definition) is 1. The molecule has 0 saturated carbocycles. The maximum absolute atomic E-state index is 12.5. The highest BCUT2D eigenvalue weighted by molar-refractivity contribution is 5.95. The third-order valence-corrected chi connectivity index (χ3v) is 4.75. The largest absolute Gasteiger partial charge is 0.326 e. The molecule has 0 spiro atoms. The molecule has 0 aliphatic carbocycles. The van der Waals surface area contributed by atoms with Crippen molar-refractivity contribution in [3.63, 3.8) is 0 Å². The molecular formula is C25H27NO. The van der Waals surface area contributed by atoms with Crippen molar-refractivity contribution >= 4 is 11.6 Å². The van der Waals surface area contributed by atoms with Gasteiger partial charge in [-0.05, 0) is 34.6 Å². The van der Waals surface area contributed by atoms with Crippen molar-refractivity contribution in [2.45, 2.75) is 39.0 Å². The number of benzene rings is 3. The summed E-state index contributed by atoms with van der Waals surface area (Å²) < 4.78 is 0. The van der Waals surface area contributed by atoms with Crippen molar-refractivity contribution < 1.29 is 4.79 Å². The van der Waals surface area contributed by atoms with Crippen LogP contribution in [0.1, 0.15) is 38.3 Å². The highest BCUT2D eigenvalue weighted by atomic mass is 16.1. The van der Waals surface area contributed by atoms with Crippen LogP contribution in [0.5, 0.6) is 0 Å². The Morgan fingerprint density at radius 2 is 1.44 bits per heavy atom. The SMILES string of the molecule is CC(C)(C)c1ccc(CCC(=O)Nc2ccccc2-c2ccccc2)cc1. The zero-order valence-corrected chi connectivity index (χ0v) is 16.3. The first-order valence-electron chi connectivity index (χ1n) is 9.47. The number of carbonyl (C=O) groups excluding carboxylic acids is 1. The van der Waals surface area contributed by atoms with Crippen LogP contribution in [0.15, 0.2) is 78.9 Å². The summed E-state index contributed by atoms with van der Waals surface area (Å²) in [5.41, 5.74) is 5.66. The van der Waals surface area contributed by atoms with E-state index in [1.54, 1.807) is 0 Å². The average molecular weight is 357 g/mol. The Bertz CT molecular complexity index is 890. The molecule has 3 aromatic rings. The second-order valence-corrected chi connectivity index (χ2v) is 7.91. The van der Waals surface area contributed by atoms with E-state index in [4.69, 9.17) is 0 Å². The molecule has 27 heavy (non-hydrogen) atoms. The zero-order chi connectivity index (χ0) is 19.3. The maximum atomic E-state index is 12.5. The lowest BCUT2D eigenvalue weighted by atomic mass is 9.86. The molecular weight excluding hydrogens is 330 g/mol. The Hall–Kier alpha value is -2.87. The molecule has 1 amide bonds. The molecule has 3 rings (SSSR count). The predicted octanol–water partition coefficient (Wildman–Crippen LogP) is 6.22. The summed E-state index contributed by atoms with van der Waals surface area (Å²) in [6.45, 7) is 6.62. The minimum absolute atomic E-state index is 0.0401. The molecule has 1 N–H and O–H groups in total. The summed E-state index contributed by atoms with van der Waals surface area (Å²) in [6.07, 6.45) is 1.21. The van der Waals surface area contributed by atoms with Crippen LogP contribution in [-0.4, -0.2) is 5.91 Å². The van der Waals surface area contributed by atoms with Crippen LogP contribution in [0, 0.1) is 0 Å². The molecule has 0 aromatic heterocycles. The van der Waals surface area contributed by atoms with Crippen LogP contribution in [0.4, 0.5) is 5.69 Å². The van der Waals surface area contributed by atoms with E-state index in [1.807, 2.05) is 42.5 Å². The molecule has 0 atom stereocenters. The maximum Gasteiger partial charge on any atom is 0.224 e. The van der Waals surface area contributed by atoms with Crippen molar-refractivity contribution in [1.29, 1.82) is 0 Å². The van der Waals surface area contributed by atoms with Crippen molar-refractivity contribution in [1.82, 2.24) is 0 Å². The number of para-hydroxylation sites is 1. The van der Waals surface area contributed by atoms with Gasteiger partial charge in [-0.25, -0.2) is 0 Å². The third kappa shape index (κ3) is 5.07. The summed E-state index contributed by atoms with van der Waals surface area (Å²) in [6, 6.07) is 26.7. The number of rotatable bonds is 5. The van der Waals surface area contributed by atoms with Crippen LogP contribution < -0.4 is 5.32 Å². The topological polar surface area (TPSA) is 29.1 Å². The Labute approximate surface area is 162 Å². The first kappa shape index (κ1) is 18.9. The standard InChI is InChI=1S/C25H27NO/c1-25(2,3)21-16-13-19(14-17-21)15-18-24(27)26-23-12-8-7-11-22(23)20-9-5-4-6-10-20/h4-14,16-17H,15,18H2,1-3H3,(H,26,27). The van der Waals surface area contributed by atoms with Crippen molar-refractivity contribution in [2.24, 2.45) is 0 Å². The third-order valence-electron chi connectivity index (χ3n) is 4.75. The predicted molar refractivity (Wildman–Crippen MR) is 114 cm³/mol. The molecule has 0 aliphatic rings. The normalized spacial score (nSPS) is 11.2. The van der Waals surface area contributed by atoms with Gasteiger partial charge in [0.2, 0.25) is 5.91 Å². The van der Waals surface area contributed by atoms with Gasteiger partial charge in [-0.15, -0.1) is 0 Å². The number of aryl methyl sites for hydroxylation is 1. The van der Waals surface area contributed by atoms with E-state index in [9.17, 15) is 4.79 Å². The Kier molecular flexibility index (Phi) is 5.75. The molecule has 0 fully saturated rings.